The van der Waals surface area contributed by atoms with Crippen molar-refractivity contribution in [3.63, 3.8) is 0 Å². The second-order valence-corrected chi connectivity index (χ2v) is 3.63. The van der Waals surface area contributed by atoms with Gasteiger partial charge in [-0.15, -0.1) is 0 Å². The van der Waals surface area contributed by atoms with Gasteiger partial charge in [0, 0.05) is 12.1 Å². The minimum atomic E-state index is -0.517. The van der Waals surface area contributed by atoms with Gasteiger partial charge in [-0.2, -0.15) is 10.5 Å². The highest BCUT2D eigenvalue weighted by atomic mass is 16.4. The second kappa shape index (κ2) is 6.40. The topological polar surface area (TPSA) is 119 Å². The van der Waals surface area contributed by atoms with E-state index in [-0.39, 0.29) is 18.8 Å². The smallest absolute Gasteiger partial charge is 0.300 e. The fraction of sp³-hybridized carbons (Fsp3) is 0.364. The molecule has 7 heteroatoms. The molecular formula is C11H13N5O2. The number of hydrazine groups is 1. The molecule has 94 valence electrons. The quantitative estimate of drug-likeness (QED) is 0.328. The van der Waals surface area contributed by atoms with Crippen LogP contribution in [0.2, 0.25) is 0 Å². The summed E-state index contributed by atoms with van der Waals surface area (Å²) in [6.45, 7) is 2.35. The zero-order chi connectivity index (χ0) is 13.5. The molecule has 18 heavy (non-hydrogen) atoms. The highest BCUT2D eigenvalue weighted by Crippen LogP contribution is 2.16. The van der Waals surface area contributed by atoms with E-state index in [2.05, 4.69) is 0 Å². The summed E-state index contributed by atoms with van der Waals surface area (Å²) in [6.07, 6.45) is 0. The molecule has 3 N–H and O–H groups in total. The van der Waals surface area contributed by atoms with Crippen molar-refractivity contribution in [2.45, 2.75) is 13.5 Å². The highest BCUT2D eigenvalue weighted by Gasteiger charge is 2.15. The lowest BCUT2D eigenvalue weighted by molar-refractivity contribution is 0.0924. The van der Waals surface area contributed by atoms with E-state index >= 15 is 0 Å². The first-order valence-electron chi connectivity index (χ1n) is 5.18. The van der Waals surface area contributed by atoms with Crippen molar-refractivity contribution in [3.05, 3.63) is 23.2 Å². The van der Waals surface area contributed by atoms with Crippen molar-refractivity contribution in [1.29, 1.82) is 10.5 Å². The van der Waals surface area contributed by atoms with Gasteiger partial charge in [0.05, 0.1) is 25.2 Å². The Bertz CT molecular complexity index is 492. The van der Waals surface area contributed by atoms with Crippen molar-refractivity contribution in [3.8, 4) is 12.1 Å². The van der Waals surface area contributed by atoms with Crippen LogP contribution in [0, 0.1) is 29.6 Å². The van der Waals surface area contributed by atoms with Crippen molar-refractivity contribution < 1.29 is 9.21 Å². The molecule has 0 bridgehead atoms. The molecule has 0 atom stereocenters. The molecule has 0 spiro atoms. The minimum absolute atomic E-state index is 0.110. The van der Waals surface area contributed by atoms with Crippen LogP contribution in [0.5, 0.6) is 0 Å². The summed E-state index contributed by atoms with van der Waals surface area (Å²) in [7, 11) is 0. The number of carbonyl (C=O) groups is 1. The Labute approximate surface area is 104 Å². The minimum Gasteiger partial charge on any atom is -0.456 e. The van der Waals surface area contributed by atoms with E-state index in [1.165, 1.54) is 0 Å². The maximum atomic E-state index is 11.3. The third-order valence-corrected chi connectivity index (χ3v) is 2.36. The van der Waals surface area contributed by atoms with Crippen LogP contribution in [0.1, 0.15) is 21.9 Å². The number of hydrogen-bond donors (Lipinski definition) is 2. The lowest BCUT2D eigenvalue weighted by Gasteiger charge is -2.13. The van der Waals surface area contributed by atoms with Gasteiger partial charge in [-0.1, -0.05) is 0 Å². The number of carbonyl (C=O) groups excluding carboxylic acids is 1. The molecule has 7 nitrogen and oxygen atoms in total. The molecule has 0 aliphatic rings. The van der Waals surface area contributed by atoms with E-state index in [0.29, 0.717) is 12.3 Å². The summed E-state index contributed by atoms with van der Waals surface area (Å²) in [5, 5.41) is 17.3. The molecule has 1 aromatic rings. The number of nitrogens with zero attached hydrogens (tertiary/aromatic N) is 3. The van der Waals surface area contributed by atoms with Crippen molar-refractivity contribution in [1.82, 2.24) is 10.3 Å². The number of nitrogen functional groups attached to an aromatic ring is 1. The molecule has 0 radical (unpaired) electrons. The van der Waals surface area contributed by atoms with Gasteiger partial charge in [-0.05, 0) is 13.0 Å². The molecule has 1 heterocycles. The van der Waals surface area contributed by atoms with Gasteiger partial charge in [0.1, 0.15) is 5.76 Å². The van der Waals surface area contributed by atoms with E-state index in [9.17, 15) is 4.79 Å². The van der Waals surface area contributed by atoms with Crippen LogP contribution in [0.3, 0.4) is 0 Å². The first kappa shape index (κ1) is 13.7. The zero-order valence-corrected chi connectivity index (χ0v) is 9.93. The number of rotatable bonds is 5. The molecule has 0 aromatic carbocycles. The van der Waals surface area contributed by atoms with Crippen LogP contribution in [0.4, 0.5) is 0 Å². The molecule has 0 fully saturated rings. The summed E-state index contributed by atoms with van der Waals surface area (Å²) in [6, 6.07) is 5.51. The van der Waals surface area contributed by atoms with Gasteiger partial charge in [0.2, 0.25) is 0 Å². The molecule has 0 unspecified atom stereocenters. The van der Waals surface area contributed by atoms with Gasteiger partial charge in [0.25, 0.3) is 0 Å². The van der Waals surface area contributed by atoms with Gasteiger partial charge in [-0.25, -0.2) is 5.84 Å². The van der Waals surface area contributed by atoms with E-state index in [1.807, 2.05) is 17.6 Å². The second-order valence-electron chi connectivity index (χ2n) is 3.63. The number of furan rings is 1. The average molecular weight is 247 g/mol. The van der Waals surface area contributed by atoms with Crippen molar-refractivity contribution in [2.24, 2.45) is 5.84 Å². The zero-order valence-electron chi connectivity index (χ0n) is 9.93. The molecule has 0 aliphatic carbocycles. The summed E-state index contributed by atoms with van der Waals surface area (Å²) in [4.78, 5) is 12.9. The maximum Gasteiger partial charge on any atom is 0.300 e. The van der Waals surface area contributed by atoms with Crippen LogP contribution in [-0.2, 0) is 6.54 Å². The Morgan fingerprint density at radius 3 is 2.61 bits per heavy atom. The third kappa shape index (κ3) is 3.32. The van der Waals surface area contributed by atoms with E-state index < -0.39 is 5.91 Å². The van der Waals surface area contributed by atoms with Crippen LogP contribution in [-0.4, -0.2) is 23.9 Å². The lowest BCUT2D eigenvalue weighted by Crippen LogP contribution is -2.29. The van der Waals surface area contributed by atoms with Crippen LogP contribution in [0.25, 0.3) is 0 Å². The first-order chi connectivity index (χ1) is 8.62. The Hall–Kier alpha value is -2.35. The molecule has 0 saturated heterocycles. The molecule has 1 amide bonds. The number of amides is 1. The predicted molar refractivity (Wildman–Crippen MR) is 61.6 cm³/mol. The first-order valence-corrected chi connectivity index (χ1v) is 5.18. The fourth-order valence-electron chi connectivity index (χ4n) is 1.47. The maximum absolute atomic E-state index is 11.3. The van der Waals surface area contributed by atoms with E-state index in [1.54, 1.807) is 17.9 Å². The summed E-state index contributed by atoms with van der Waals surface area (Å²) in [5.74, 6) is 5.16. The van der Waals surface area contributed by atoms with Gasteiger partial charge >= 0.3 is 5.91 Å². The number of nitrogens with two attached hydrogens (primary N) is 1. The standard InChI is InChI=1S/C11H13N5O2/c1-8-9(6-10(18-8)11(17)15-14)7-16(4-2-12)5-3-13/h6H,4-5,7,14H2,1H3,(H,15,17). The monoisotopic (exact) mass is 247 g/mol. The van der Waals surface area contributed by atoms with E-state index in [4.69, 9.17) is 20.8 Å². The normalized spacial score (nSPS) is 9.83. The Balaban J connectivity index is 2.84. The SMILES string of the molecule is Cc1oc(C(=O)NN)cc1CN(CC#N)CC#N. The summed E-state index contributed by atoms with van der Waals surface area (Å²) >= 11 is 0. The number of hydrogen-bond acceptors (Lipinski definition) is 6. The third-order valence-electron chi connectivity index (χ3n) is 2.36. The van der Waals surface area contributed by atoms with Gasteiger partial charge in [0.15, 0.2) is 5.76 Å². The Kier molecular flexibility index (Phi) is 4.88. The van der Waals surface area contributed by atoms with Crippen LogP contribution >= 0.6 is 0 Å². The molecule has 1 aromatic heterocycles. The van der Waals surface area contributed by atoms with Gasteiger partial charge < -0.3 is 4.42 Å². The van der Waals surface area contributed by atoms with Crippen LogP contribution in [0.15, 0.2) is 10.5 Å². The van der Waals surface area contributed by atoms with Crippen LogP contribution < -0.4 is 11.3 Å². The largest absolute Gasteiger partial charge is 0.456 e. The molecular weight excluding hydrogens is 234 g/mol. The van der Waals surface area contributed by atoms with Crippen molar-refractivity contribution in [2.75, 3.05) is 13.1 Å². The Morgan fingerprint density at radius 1 is 1.50 bits per heavy atom. The average Bonchev–Trinajstić information content (AvgIpc) is 2.71. The van der Waals surface area contributed by atoms with Gasteiger partial charge in [-0.3, -0.25) is 15.1 Å². The number of nitrogens with one attached hydrogen (secondary N) is 1. The van der Waals surface area contributed by atoms with Crippen molar-refractivity contribution >= 4 is 5.91 Å². The summed E-state index contributed by atoms with van der Waals surface area (Å²) < 4.78 is 5.24. The van der Waals surface area contributed by atoms with E-state index in [0.717, 1.165) is 5.56 Å². The fourth-order valence-corrected chi connectivity index (χ4v) is 1.47. The summed E-state index contributed by atoms with van der Waals surface area (Å²) in [5.41, 5.74) is 2.72. The molecule has 0 saturated carbocycles. The number of nitriles is 2. The Morgan fingerprint density at radius 2 is 2.11 bits per heavy atom. The predicted octanol–water partition coefficient (Wildman–Crippen LogP) is 0.0407. The highest BCUT2D eigenvalue weighted by molar-refractivity contribution is 5.91. The lowest BCUT2D eigenvalue weighted by atomic mass is 10.2. The molecule has 0 aliphatic heterocycles. The number of aryl methyl sites for hydroxylation is 1. The molecule has 1 rings (SSSR count).